The van der Waals surface area contributed by atoms with Crippen molar-refractivity contribution >= 4 is 28.6 Å². The molecule has 2 fully saturated rings. The van der Waals surface area contributed by atoms with E-state index < -0.39 is 0 Å². The minimum Gasteiger partial charge on any atom is -0.379 e. The molecule has 37 heavy (non-hydrogen) atoms. The second-order valence-electron chi connectivity index (χ2n) is 9.51. The second kappa shape index (κ2) is 9.91. The van der Waals surface area contributed by atoms with Crippen molar-refractivity contribution in [2.24, 2.45) is 7.05 Å². The maximum absolute atomic E-state index is 13.5. The molecule has 11 heteroatoms. The normalized spacial score (nSPS) is 17.4. The number of aromatic nitrogens is 5. The Balaban J connectivity index is 1.09. The van der Waals surface area contributed by atoms with E-state index in [0.29, 0.717) is 40.0 Å². The number of rotatable bonds is 5. The van der Waals surface area contributed by atoms with Gasteiger partial charge in [-0.25, -0.2) is 14.4 Å². The molecule has 2 saturated heterocycles. The maximum atomic E-state index is 13.5. The van der Waals surface area contributed by atoms with Gasteiger partial charge in [0.1, 0.15) is 17.3 Å². The van der Waals surface area contributed by atoms with Crippen LogP contribution in [-0.4, -0.2) is 81.0 Å². The first kappa shape index (κ1) is 23.6. The Morgan fingerprint density at radius 3 is 2.68 bits per heavy atom. The van der Waals surface area contributed by atoms with Crippen molar-refractivity contribution in [3.05, 3.63) is 54.0 Å². The fraction of sp³-hybridized carbons (Fsp3) is 0.385. The van der Waals surface area contributed by atoms with Crippen LogP contribution in [-0.2, 0) is 11.8 Å². The largest absolute Gasteiger partial charge is 0.379 e. The molecule has 1 aromatic carbocycles. The van der Waals surface area contributed by atoms with Crippen LogP contribution in [0.5, 0.6) is 0 Å². The van der Waals surface area contributed by atoms with Crippen LogP contribution >= 0.6 is 0 Å². The lowest BCUT2D eigenvalue weighted by atomic mass is 10.0. The van der Waals surface area contributed by atoms with E-state index in [4.69, 9.17) is 4.74 Å². The number of carbonyl (C=O) groups is 1. The molecule has 192 valence electrons. The van der Waals surface area contributed by atoms with Crippen LogP contribution in [0.4, 0.5) is 16.0 Å². The van der Waals surface area contributed by atoms with E-state index in [1.165, 1.54) is 12.1 Å². The number of nitrogens with zero attached hydrogens (tertiary/aromatic N) is 6. The molecule has 3 aromatic heterocycles. The molecular formula is C26H29FN8O2. The van der Waals surface area contributed by atoms with E-state index in [1.54, 1.807) is 36.1 Å². The summed E-state index contributed by atoms with van der Waals surface area (Å²) in [4.78, 5) is 29.9. The number of aryl methyl sites for hydroxylation is 1. The van der Waals surface area contributed by atoms with Crippen molar-refractivity contribution in [3.63, 3.8) is 0 Å². The molecule has 0 bridgehead atoms. The van der Waals surface area contributed by atoms with Crippen LogP contribution in [0.1, 0.15) is 23.2 Å². The second-order valence-corrected chi connectivity index (χ2v) is 9.51. The first-order valence-electron chi connectivity index (χ1n) is 12.6. The number of pyridine rings is 1. The third-order valence-corrected chi connectivity index (χ3v) is 7.17. The van der Waals surface area contributed by atoms with Gasteiger partial charge in [-0.1, -0.05) is 0 Å². The van der Waals surface area contributed by atoms with Crippen molar-refractivity contribution in [3.8, 4) is 11.5 Å². The maximum Gasteiger partial charge on any atom is 0.258 e. The Bertz CT molecular complexity index is 1400. The summed E-state index contributed by atoms with van der Waals surface area (Å²) in [7, 11) is 1.76. The molecular weight excluding hydrogens is 475 g/mol. The van der Waals surface area contributed by atoms with Crippen LogP contribution in [0.25, 0.3) is 22.6 Å². The number of carbonyl (C=O) groups excluding carboxylic acids is 1. The predicted octanol–water partition coefficient (Wildman–Crippen LogP) is 3.05. The van der Waals surface area contributed by atoms with Crippen LogP contribution in [0.2, 0.25) is 0 Å². The molecule has 0 atom stereocenters. The lowest BCUT2D eigenvalue weighted by molar-refractivity contribution is 0.0115. The van der Waals surface area contributed by atoms with Gasteiger partial charge >= 0.3 is 0 Å². The number of halogens is 1. The number of benzene rings is 1. The average Bonchev–Trinajstić information content (AvgIpc) is 3.51. The predicted molar refractivity (Wildman–Crippen MR) is 138 cm³/mol. The van der Waals surface area contributed by atoms with Gasteiger partial charge in [0.2, 0.25) is 0 Å². The van der Waals surface area contributed by atoms with Gasteiger partial charge in [-0.2, -0.15) is 5.10 Å². The Labute approximate surface area is 213 Å². The molecule has 1 amide bonds. The molecule has 10 nitrogen and oxygen atoms in total. The van der Waals surface area contributed by atoms with E-state index in [1.807, 2.05) is 6.07 Å². The number of piperidine rings is 1. The number of morpholine rings is 1. The van der Waals surface area contributed by atoms with Crippen molar-refractivity contribution in [1.82, 2.24) is 29.6 Å². The summed E-state index contributed by atoms with van der Waals surface area (Å²) >= 11 is 0. The lowest BCUT2D eigenvalue weighted by Gasteiger charge is -2.40. The highest BCUT2D eigenvalue weighted by Crippen LogP contribution is 2.24. The number of imidazole rings is 1. The molecule has 0 aliphatic carbocycles. The van der Waals surface area contributed by atoms with Gasteiger partial charge in [0.15, 0.2) is 11.6 Å². The number of amides is 1. The number of aromatic amines is 1. The zero-order valence-corrected chi connectivity index (χ0v) is 20.7. The first-order valence-corrected chi connectivity index (χ1v) is 12.6. The van der Waals surface area contributed by atoms with Gasteiger partial charge in [0.25, 0.3) is 5.91 Å². The van der Waals surface area contributed by atoms with E-state index in [0.717, 1.165) is 58.1 Å². The van der Waals surface area contributed by atoms with Crippen molar-refractivity contribution < 1.29 is 13.9 Å². The van der Waals surface area contributed by atoms with Gasteiger partial charge in [-0.3, -0.25) is 14.4 Å². The van der Waals surface area contributed by atoms with Gasteiger partial charge in [-0.15, -0.1) is 0 Å². The summed E-state index contributed by atoms with van der Waals surface area (Å²) in [5.41, 5.74) is 2.37. The lowest BCUT2D eigenvalue weighted by Crippen LogP contribution is -2.49. The standard InChI is InChI=1S/C26H29FN8O2/c1-33-22(25-29-20-4-3-18(27)14-21(20)30-25)15-23(32-33)31-26(36)17-2-5-24(28-16-17)35-8-6-19(7-9-35)34-10-12-37-13-11-34/h2-5,14-16,19H,6-13H2,1H3,(H,29,30)(H,31,32,36). The van der Waals surface area contributed by atoms with Gasteiger partial charge in [0.05, 0.1) is 29.8 Å². The highest BCUT2D eigenvalue weighted by molar-refractivity contribution is 6.03. The highest BCUT2D eigenvalue weighted by atomic mass is 19.1. The summed E-state index contributed by atoms with van der Waals surface area (Å²) in [6.07, 6.45) is 3.81. The average molecular weight is 505 g/mol. The van der Waals surface area contributed by atoms with E-state index in [9.17, 15) is 9.18 Å². The van der Waals surface area contributed by atoms with E-state index in [-0.39, 0.29) is 11.7 Å². The van der Waals surface area contributed by atoms with E-state index >= 15 is 0 Å². The molecule has 2 aliphatic rings. The molecule has 0 unspecified atom stereocenters. The van der Waals surface area contributed by atoms with Crippen LogP contribution in [0.15, 0.2) is 42.6 Å². The van der Waals surface area contributed by atoms with Crippen molar-refractivity contribution in [2.75, 3.05) is 49.6 Å². The molecule has 0 radical (unpaired) electrons. The number of fused-ring (bicyclic) bond motifs is 1. The molecule has 5 heterocycles. The van der Waals surface area contributed by atoms with Gasteiger partial charge in [-0.05, 0) is 43.2 Å². The molecule has 0 saturated carbocycles. The zero-order valence-electron chi connectivity index (χ0n) is 20.7. The Hall–Kier alpha value is -3.83. The summed E-state index contributed by atoms with van der Waals surface area (Å²) in [6.45, 7) is 5.58. The summed E-state index contributed by atoms with van der Waals surface area (Å²) < 4.78 is 20.6. The van der Waals surface area contributed by atoms with Gasteiger partial charge < -0.3 is 19.9 Å². The molecule has 6 rings (SSSR count). The van der Waals surface area contributed by atoms with Crippen LogP contribution < -0.4 is 10.2 Å². The first-order chi connectivity index (χ1) is 18.0. The smallest absolute Gasteiger partial charge is 0.258 e. The van der Waals surface area contributed by atoms with Crippen molar-refractivity contribution in [1.29, 1.82) is 0 Å². The Morgan fingerprint density at radius 2 is 1.92 bits per heavy atom. The third kappa shape index (κ3) is 4.92. The number of hydrogen-bond donors (Lipinski definition) is 2. The van der Waals surface area contributed by atoms with Gasteiger partial charge in [0, 0.05) is 51.5 Å². The third-order valence-electron chi connectivity index (χ3n) is 7.17. The Morgan fingerprint density at radius 1 is 1.11 bits per heavy atom. The molecule has 2 aliphatic heterocycles. The summed E-state index contributed by atoms with van der Waals surface area (Å²) in [6, 6.07) is 10.4. The number of nitrogens with one attached hydrogen (secondary N) is 2. The topological polar surface area (TPSA) is 104 Å². The number of H-pyrrole nitrogens is 1. The summed E-state index contributed by atoms with van der Waals surface area (Å²) in [5, 5.41) is 7.22. The quantitative estimate of drug-likeness (QED) is 0.431. The number of ether oxygens (including phenoxy) is 1. The van der Waals surface area contributed by atoms with Crippen molar-refractivity contribution in [2.45, 2.75) is 18.9 Å². The fourth-order valence-electron chi connectivity index (χ4n) is 5.15. The minimum atomic E-state index is -0.335. The van der Waals surface area contributed by atoms with E-state index in [2.05, 4.69) is 35.2 Å². The SMILES string of the molecule is Cn1nc(NC(=O)c2ccc(N3CCC(N4CCOCC4)CC3)nc2)cc1-c1nc2ccc(F)cc2[nH]1. The minimum absolute atomic E-state index is 0.290. The van der Waals surface area contributed by atoms with Crippen LogP contribution in [0, 0.1) is 5.82 Å². The molecule has 4 aromatic rings. The monoisotopic (exact) mass is 504 g/mol. The highest BCUT2D eigenvalue weighted by Gasteiger charge is 2.26. The van der Waals surface area contributed by atoms with Crippen LogP contribution in [0.3, 0.4) is 0 Å². The Kier molecular flexibility index (Phi) is 6.31. The number of hydrogen-bond acceptors (Lipinski definition) is 7. The molecule has 2 N–H and O–H groups in total. The zero-order chi connectivity index (χ0) is 25.4. The summed E-state index contributed by atoms with van der Waals surface area (Å²) in [5.74, 6) is 1.19. The fourth-order valence-corrected chi connectivity index (χ4v) is 5.15. The molecule has 0 spiro atoms. The number of anilines is 2.